The molecule has 3 N–H and O–H groups in total. The summed E-state index contributed by atoms with van der Waals surface area (Å²) >= 11 is 0. The molecule has 6 heteroatoms. The normalized spacial score (nSPS) is 11.5. The monoisotopic (exact) mass is 299 g/mol. The molecule has 2 amide bonds. The van der Waals surface area contributed by atoms with Crippen molar-refractivity contribution in [2.24, 2.45) is 0 Å². The van der Waals surface area contributed by atoms with Crippen LogP contribution in [0.3, 0.4) is 0 Å². The highest BCUT2D eigenvalue weighted by Gasteiger charge is 2.08. The number of carbonyl (C=O) groups excluding carboxylic acids is 2. The van der Waals surface area contributed by atoms with Gasteiger partial charge in [-0.1, -0.05) is 0 Å². The standard InChI is InChI=1S/C16H17N3O3/c1-11(20)9-15(21)18-13-4-6-14(7-5-13)19-16(22)12-3-2-8-17-10-12/h2-8,10-11,20H,9H2,1H3,(H,18,21)(H,19,22). The summed E-state index contributed by atoms with van der Waals surface area (Å²) in [7, 11) is 0. The molecule has 0 saturated carbocycles. The highest BCUT2D eigenvalue weighted by Crippen LogP contribution is 2.15. The van der Waals surface area contributed by atoms with Crippen LogP contribution in [0.2, 0.25) is 0 Å². The number of hydrogen-bond donors (Lipinski definition) is 3. The molecule has 1 aromatic carbocycles. The molecule has 0 spiro atoms. The molecule has 0 radical (unpaired) electrons. The number of hydrogen-bond acceptors (Lipinski definition) is 4. The number of nitrogens with zero attached hydrogens (tertiary/aromatic N) is 1. The Labute approximate surface area is 128 Å². The predicted octanol–water partition coefficient (Wildman–Crippen LogP) is 2.04. The number of aliphatic hydroxyl groups is 1. The Bertz CT molecular complexity index is 639. The first-order valence-corrected chi connectivity index (χ1v) is 6.84. The molecule has 2 aromatic rings. The second-order valence-electron chi connectivity index (χ2n) is 4.87. The van der Waals surface area contributed by atoms with Crippen LogP contribution in [0.5, 0.6) is 0 Å². The van der Waals surface area contributed by atoms with Crippen LogP contribution in [-0.4, -0.2) is 28.0 Å². The van der Waals surface area contributed by atoms with E-state index in [-0.39, 0.29) is 18.2 Å². The summed E-state index contributed by atoms with van der Waals surface area (Å²) < 4.78 is 0. The topological polar surface area (TPSA) is 91.3 Å². The zero-order chi connectivity index (χ0) is 15.9. The van der Waals surface area contributed by atoms with Crippen molar-refractivity contribution in [1.29, 1.82) is 0 Å². The Kier molecular flexibility index (Phi) is 5.21. The van der Waals surface area contributed by atoms with Crippen LogP contribution in [-0.2, 0) is 4.79 Å². The second-order valence-corrected chi connectivity index (χ2v) is 4.87. The first kappa shape index (κ1) is 15.7. The molecule has 1 atom stereocenters. The lowest BCUT2D eigenvalue weighted by Gasteiger charge is -2.08. The van der Waals surface area contributed by atoms with Gasteiger partial charge in [-0.3, -0.25) is 14.6 Å². The van der Waals surface area contributed by atoms with Gasteiger partial charge in [-0.2, -0.15) is 0 Å². The van der Waals surface area contributed by atoms with Gasteiger partial charge in [0, 0.05) is 23.8 Å². The number of carbonyl (C=O) groups is 2. The molecule has 0 aliphatic heterocycles. The van der Waals surface area contributed by atoms with E-state index in [9.17, 15) is 9.59 Å². The number of anilines is 2. The Morgan fingerprint density at radius 2 is 1.77 bits per heavy atom. The highest BCUT2D eigenvalue weighted by atomic mass is 16.3. The molecule has 0 saturated heterocycles. The summed E-state index contributed by atoms with van der Waals surface area (Å²) in [5.74, 6) is -0.513. The third kappa shape index (κ3) is 4.68. The molecule has 6 nitrogen and oxygen atoms in total. The number of benzene rings is 1. The third-order valence-electron chi connectivity index (χ3n) is 2.83. The predicted molar refractivity (Wildman–Crippen MR) is 83.6 cm³/mol. The molecule has 1 aromatic heterocycles. The van der Waals surface area contributed by atoms with Crippen molar-refractivity contribution in [3.05, 3.63) is 54.4 Å². The Morgan fingerprint density at radius 1 is 1.14 bits per heavy atom. The molecular weight excluding hydrogens is 282 g/mol. The van der Waals surface area contributed by atoms with Crippen molar-refractivity contribution < 1.29 is 14.7 Å². The summed E-state index contributed by atoms with van der Waals surface area (Å²) in [4.78, 5) is 27.4. The fourth-order valence-corrected chi connectivity index (χ4v) is 1.82. The fraction of sp³-hybridized carbons (Fsp3) is 0.188. The van der Waals surface area contributed by atoms with Gasteiger partial charge in [0.15, 0.2) is 0 Å². The summed E-state index contributed by atoms with van der Waals surface area (Å²) in [5, 5.41) is 14.5. The van der Waals surface area contributed by atoms with Crippen molar-refractivity contribution in [3.63, 3.8) is 0 Å². The number of aromatic nitrogens is 1. The first-order chi connectivity index (χ1) is 10.5. The number of nitrogens with one attached hydrogen (secondary N) is 2. The minimum Gasteiger partial charge on any atom is -0.393 e. The number of amides is 2. The zero-order valence-electron chi connectivity index (χ0n) is 12.1. The van der Waals surface area contributed by atoms with E-state index >= 15 is 0 Å². The first-order valence-electron chi connectivity index (χ1n) is 6.84. The average molecular weight is 299 g/mol. The van der Waals surface area contributed by atoms with Gasteiger partial charge < -0.3 is 15.7 Å². The van der Waals surface area contributed by atoms with Crippen LogP contribution in [0.15, 0.2) is 48.8 Å². The van der Waals surface area contributed by atoms with E-state index in [1.54, 1.807) is 49.5 Å². The SMILES string of the molecule is CC(O)CC(=O)Nc1ccc(NC(=O)c2cccnc2)cc1. The van der Waals surface area contributed by atoms with E-state index in [4.69, 9.17) is 5.11 Å². The summed E-state index contributed by atoms with van der Waals surface area (Å²) in [5.41, 5.74) is 1.68. The third-order valence-corrected chi connectivity index (χ3v) is 2.83. The molecule has 114 valence electrons. The maximum absolute atomic E-state index is 11.9. The Hall–Kier alpha value is -2.73. The lowest BCUT2D eigenvalue weighted by molar-refractivity contribution is -0.117. The lowest BCUT2D eigenvalue weighted by Crippen LogP contribution is -2.17. The highest BCUT2D eigenvalue weighted by molar-refractivity contribution is 6.04. The quantitative estimate of drug-likeness (QED) is 0.788. The van der Waals surface area contributed by atoms with Crippen molar-refractivity contribution in [2.45, 2.75) is 19.4 Å². The van der Waals surface area contributed by atoms with Crippen LogP contribution in [0, 0.1) is 0 Å². The van der Waals surface area contributed by atoms with E-state index in [1.807, 2.05) is 0 Å². The zero-order valence-corrected chi connectivity index (χ0v) is 12.1. The molecule has 0 aliphatic rings. The van der Waals surface area contributed by atoms with Gasteiger partial charge in [0.25, 0.3) is 5.91 Å². The van der Waals surface area contributed by atoms with Crippen molar-refractivity contribution in [1.82, 2.24) is 4.98 Å². The van der Waals surface area contributed by atoms with Gasteiger partial charge in [-0.05, 0) is 43.3 Å². The van der Waals surface area contributed by atoms with Gasteiger partial charge in [0.1, 0.15) is 0 Å². The number of rotatable bonds is 5. The molecule has 0 aliphatic carbocycles. The summed E-state index contributed by atoms with van der Waals surface area (Å²) in [6, 6.07) is 10.1. The number of aliphatic hydroxyl groups excluding tert-OH is 1. The van der Waals surface area contributed by atoms with E-state index in [2.05, 4.69) is 15.6 Å². The van der Waals surface area contributed by atoms with Gasteiger partial charge in [0.2, 0.25) is 5.91 Å². The Balaban J connectivity index is 1.95. The van der Waals surface area contributed by atoms with Gasteiger partial charge in [-0.25, -0.2) is 0 Å². The number of pyridine rings is 1. The molecular formula is C16H17N3O3. The second kappa shape index (κ2) is 7.33. The van der Waals surface area contributed by atoms with E-state index in [0.717, 1.165) is 0 Å². The van der Waals surface area contributed by atoms with Crippen molar-refractivity contribution in [3.8, 4) is 0 Å². The van der Waals surface area contributed by atoms with Crippen LogP contribution in [0.1, 0.15) is 23.7 Å². The average Bonchev–Trinajstić information content (AvgIpc) is 2.49. The van der Waals surface area contributed by atoms with E-state index < -0.39 is 6.10 Å². The molecule has 22 heavy (non-hydrogen) atoms. The minimum atomic E-state index is -0.682. The smallest absolute Gasteiger partial charge is 0.257 e. The van der Waals surface area contributed by atoms with Crippen LogP contribution >= 0.6 is 0 Å². The Morgan fingerprint density at radius 3 is 2.32 bits per heavy atom. The van der Waals surface area contributed by atoms with E-state index in [0.29, 0.717) is 16.9 Å². The largest absolute Gasteiger partial charge is 0.393 e. The van der Waals surface area contributed by atoms with Crippen LogP contribution in [0.4, 0.5) is 11.4 Å². The van der Waals surface area contributed by atoms with E-state index in [1.165, 1.54) is 6.20 Å². The van der Waals surface area contributed by atoms with Gasteiger partial charge >= 0.3 is 0 Å². The molecule has 1 heterocycles. The minimum absolute atomic E-state index is 0.0412. The summed E-state index contributed by atoms with van der Waals surface area (Å²) in [6.07, 6.45) is 2.44. The van der Waals surface area contributed by atoms with Gasteiger partial charge in [-0.15, -0.1) is 0 Å². The molecule has 0 bridgehead atoms. The summed E-state index contributed by atoms with van der Waals surface area (Å²) in [6.45, 7) is 1.55. The fourth-order valence-electron chi connectivity index (χ4n) is 1.82. The van der Waals surface area contributed by atoms with Crippen LogP contribution < -0.4 is 10.6 Å². The molecule has 1 unspecified atom stereocenters. The lowest BCUT2D eigenvalue weighted by atomic mass is 10.2. The maximum Gasteiger partial charge on any atom is 0.257 e. The van der Waals surface area contributed by atoms with Crippen molar-refractivity contribution in [2.75, 3.05) is 10.6 Å². The van der Waals surface area contributed by atoms with Gasteiger partial charge in [0.05, 0.1) is 18.1 Å². The molecule has 0 fully saturated rings. The maximum atomic E-state index is 11.9. The van der Waals surface area contributed by atoms with Crippen LogP contribution in [0.25, 0.3) is 0 Å². The van der Waals surface area contributed by atoms with Crippen molar-refractivity contribution >= 4 is 23.2 Å². The molecule has 2 rings (SSSR count).